The average molecular weight is 506 g/mol. The topological polar surface area (TPSA) is 67.4 Å². The summed E-state index contributed by atoms with van der Waals surface area (Å²) < 4.78 is 16.2. The Hall–Kier alpha value is -1.42. The summed E-state index contributed by atoms with van der Waals surface area (Å²) in [7, 11) is 6.65. The molecule has 1 heterocycles. The molecule has 1 aliphatic rings. The highest BCUT2D eigenvalue weighted by Gasteiger charge is 2.21. The van der Waals surface area contributed by atoms with Gasteiger partial charge in [0.15, 0.2) is 17.5 Å². The fourth-order valence-electron chi connectivity index (χ4n) is 3.48. The van der Waals surface area contributed by atoms with Crippen LogP contribution in [0.15, 0.2) is 17.1 Å². The second kappa shape index (κ2) is 12.9. The molecule has 0 aliphatic carbocycles. The molecule has 2 N–H and O–H groups in total. The Bertz CT molecular complexity index is 602. The van der Waals surface area contributed by atoms with E-state index < -0.39 is 0 Å². The van der Waals surface area contributed by atoms with Crippen molar-refractivity contribution < 1.29 is 14.2 Å². The quantitative estimate of drug-likeness (QED) is 0.305. The first kappa shape index (κ1) is 24.6. The van der Waals surface area contributed by atoms with Gasteiger partial charge >= 0.3 is 0 Å². The molecule has 0 saturated carbocycles. The molecule has 0 spiro atoms. The van der Waals surface area contributed by atoms with Crippen LogP contribution in [0, 0.1) is 5.92 Å². The number of benzene rings is 1. The van der Waals surface area contributed by atoms with Gasteiger partial charge in [0.1, 0.15) is 0 Å². The molecule has 1 aliphatic heterocycles. The smallest absolute Gasteiger partial charge is 0.203 e. The lowest BCUT2D eigenvalue weighted by Crippen LogP contribution is -2.40. The molecule has 0 amide bonds. The minimum absolute atomic E-state index is 0. The van der Waals surface area contributed by atoms with Gasteiger partial charge in [-0.3, -0.25) is 4.99 Å². The summed E-state index contributed by atoms with van der Waals surface area (Å²) in [6, 6.07) is 3.89. The monoisotopic (exact) mass is 506 g/mol. The van der Waals surface area contributed by atoms with Crippen molar-refractivity contribution >= 4 is 29.9 Å². The highest BCUT2D eigenvalue weighted by molar-refractivity contribution is 14.0. The van der Waals surface area contributed by atoms with Crippen molar-refractivity contribution in [2.24, 2.45) is 10.9 Å². The van der Waals surface area contributed by atoms with E-state index in [1.165, 1.54) is 32.5 Å². The first-order valence-corrected chi connectivity index (χ1v) is 9.60. The SMILES string of the molecule is CCCN1CCC(CNC(=NC)NCc2cc(OC)c(OC)c(OC)c2)C1.I. The van der Waals surface area contributed by atoms with Crippen LogP contribution in [0.1, 0.15) is 25.3 Å². The van der Waals surface area contributed by atoms with Gasteiger partial charge in [0.05, 0.1) is 21.3 Å². The van der Waals surface area contributed by atoms with Crippen molar-refractivity contribution in [3.8, 4) is 17.2 Å². The molecule has 28 heavy (non-hydrogen) atoms. The van der Waals surface area contributed by atoms with E-state index in [1.54, 1.807) is 28.4 Å². The van der Waals surface area contributed by atoms with Crippen molar-refractivity contribution in [2.45, 2.75) is 26.3 Å². The van der Waals surface area contributed by atoms with Crippen LogP contribution in [0.4, 0.5) is 0 Å². The largest absolute Gasteiger partial charge is 0.493 e. The molecule has 7 nitrogen and oxygen atoms in total. The van der Waals surface area contributed by atoms with Crippen LogP contribution in [0.3, 0.4) is 0 Å². The Morgan fingerprint density at radius 3 is 2.36 bits per heavy atom. The normalized spacial score (nSPS) is 17.0. The van der Waals surface area contributed by atoms with E-state index in [2.05, 4.69) is 27.4 Å². The van der Waals surface area contributed by atoms with Crippen LogP contribution in [0.25, 0.3) is 0 Å². The van der Waals surface area contributed by atoms with Crippen molar-refractivity contribution in [3.63, 3.8) is 0 Å². The standard InChI is InChI=1S/C20H34N4O3.HI/c1-6-8-24-9-7-15(14-24)12-22-20(21-2)23-13-16-10-17(25-3)19(27-5)18(11-16)26-4;/h10-11,15H,6-9,12-14H2,1-5H3,(H2,21,22,23);1H. The molecular weight excluding hydrogens is 471 g/mol. The van der Waals surface area contributed by atoms with Gasteiger partial charge in [-0.2, -0.15) is 0 Å². The molecule has 1 saturated heterocycles. The molecule has 0 radical (unpaired) electrons. The molecule has 1 atom stereocenters. The lowest BCUT2D eigenvalue weighted by molar-refractivity contribution is 0.323. The minimum Gasteiger partial charge on any atom is -0.493 e. The van der Waals surface area contributed by atoms with Crippen LogP contribution >= 0.6 is 24.0 Å². The summed E-state index contributed by atoms with van der Waals surface area (Å²) in [5.74, 6) is 3.38. The third-order valence-electron chi connectivity index (χ3n) is 4.88. The van der Waals surface area contributed by atoms with E-state index in [0.717, 1.165) is 18.1 Å². The van der Waals surface area contributed by atoms with Gasteiger partial charge in [-0.25, -0.2) is 0 Å². The summed E-state index contributed by atoms with van der Waals surface area (Å²) in [6.45, 7) is 7.37. The number of aliphatic imine (C=N–C) groups is 1. The summed E-state index contributed by atoms with van der Waals surface area (Å²) in [5, 5.41) is 6.81. The van der Waals surface area contributed by atoms with Gasteiger partial charge in [0, 0.05) is 26.7 Å². The average Bonchev–Trinajstić information content (AvgIpc) is 3.14. The Balaban J connectivity index is 0.00000392. The van der Waals surface area contributed by atoms with E-state index in [0.29, 0.717) is 29.7 Å². The number of methoxy groups -OCH3 is 3. The zero-order valence-electron chi connectivity index (χ0n) is 17.7. The van der Waals surface area contributed by atoms with Gasteiger partial charge in [0.2, 0.25) is 5.75 Å². The molecule has 1 aromatic carbocycles. The fourth-order valence-corrected chi connectivity index (χ4v) is 3.48. The highest BCUT2D eigenvalue weighted by atomic mass is 127. The summed E-state index contributed by atoms with van der Waals surface area (Å²) in [6.07, 6.45) is 2.47. The molecule has 0 aromatic heterocycles. The van der Waals surface area contributed by atoms with E-state index >= 15 is 0 Å². The van der Waals surface area contributed by atoms with Crippen molar-refractivity contribution in [1.29, 1.82) is 0 Å². The fraction of sp³-hybridized carbons (Fsp3) is 0.650. The molecule has 1 unspecified atom stereocenters. The van der Waals surface area contributed by atoms with Gasteiger partial charge in [-0.05, 0) is 49.5 Å². The van der Waals surface area contributed by atoms with Crippen LogP contribution in [-0.4, -0.2) is 65.4 Å². The number of ether oxygens (including phenoxy) is 3. The van der Waals surface area contributed by atoms with Crippen LogP contribution < -0.4 is 24.8 Å². The zero-order valence-corrected chi connectivity index (χ0v) is 20.0. The molecular formula is C20H35IN4O3. The second-order valence-corrected chi connectivity index (χ2v) is 6.80. The van der Waals surface area contributed by atoms with Crippen LogP contribution in [0.5, 0.6) is 17.2 Å². The number of nitrogens with zero attached hydrogens (tertiary/aromatic N) is 2. The first-order valence-electron chi connectivity index (χ1n) is 9.60. The summed E-state index contributed by atoms with van der Waals surface area (Å²) in [5.41, 5.74) is 1.03. The molecule has 1 fully saturated rings. The first-order chi connectivity index (χ1) is 13.1. The minimum atomic E-state index is 0. The van der Waals surface area contributed by atoms with Gasteiger partial charge in [-0.1, -0.05) is 6.92 Å². The lowest BCUT2D eigenvalue weighted by Gasteiger charge is -2.18. The summed E-state index contributed by atoms with van der Waals surface area (Å²) >= 11 is 0. The molecule has 2 rings (SSSR count). The molecule has 8 heteroatoms. The van der Waals surface area contributed by atoms with E-state index in [9.17, 15) is 0 Å². The Kier molecular flexibility index (Phi) is 11.4. The third kappa shape index (κ3) is 6.88. The highest BCUT2D eigenvalue weighted by Crippen LogP contribution is 2.38. The Morgan fingerprint density at radius 1 is 1.14 bits per heavy atom. The van der Waals surface area contributed by atoms with E-state index in [4.69, 9.17) is 14.2 Å². The molecule has 160 valence electrons. The molecule has 1 aromatic rings. The van der Waals surface area contributed by atoms with Gasteiger partial charge < -0.3 is 29.7 Å². The van der Waals surface area contributed by atoms with Crippen molar-refractivity contribution in [2.75, 3.05) is 54.6 Å². The third-order valence-corrected chi connectivity index (χ3v) is 4.88. The van der Waals surface area contributed by atoms with Crippen LogP contribution in [0.2, 0.25) is 0 Å². The number of nitrogens with one attached hydrogen (secondary N) is 2. The number of hydrogen-bond donors (Lipinski definition) is 2. The predicted octanol–water partition coefficient (Wildman–Crippen LogP) is 2.73. The number of rotatable bonds is 9. The van der Waals surface area contributed by atoms with E-state index in [-0.39, 0.29) is 24.0 Å². The number of hydrogen-bond acceptors (Lipinski definition) is 5. The predicted molar refractivity (Wildman–Crippen MR) is 125 cm³/mol. The maximum atomic E-state index is 5.41. The van der Waals surface area contributed by atoms with Crippen molar-refractivity contribution in [1.82, 2.24) is 15.5 Å². The van der Waals surface area contributed by atoms with Gasteiger partial charge in [-0.15, -0.1) is 24.0 Å². The Labute approximate surface area is 186 Å². The number of guanidine groups is 1. The van der Waals surface area contributed by atoms with Crippen LogP contribution in [-0.2, 0) is 6.54 Å². The van der Waals surface area contributed by atoms with E-state index in [1.807, 2.05) is 12.1 Å². The number of halogens is 1. The summed E-state index contributed by atoms with van der Waals surface area (Å²) in [4.78, 5) is 6.87. The van der Waals surface area contributed by atoms with Gasteiger partial charge in [0.25, 0.3) is 0 Å². The maximum Gasteiger partial charge on any atom is 0.203 e. The molecule has 0 bridgehead atoms. The second-order valence-electron chi connectivity index (χ2n) is 6.80. The number of likely N-dealkylation sites (tertiary alicyclic amines) is 1. The lowest BCUT2D eigenvalue weighted by atomic mass is 10.1. The van der Waals surface area contributed by atoms with Crippen molar-refractivity contribution in [3.05, 3.63) is 17.7 Å². The maximum absolute atomic E-state index is 5.41. The Morgan fingerprint density at radius 2 is 1.82 bits per heavy atom. The zero-order chi connectivity index (χ0) is 19.6.